The number of nitro groups is 1. The van der Waals surface area contributed by atoms with Crippen LogP contribution in [0.25, 0.3) is 11.0 Å². The standard InChI is InChI=1S/C18H14N2O6/c1-10-2-3-15-12(4-10)11(8-24-15)5-18(21)19-13-6-16-17(26-9-25-16)7-14(13)20(22)23/h2-4,6-8H,5,9H2,1H3,(H,19,21). The van der Waals surface area contributed by atoms with E-state index in [2.05, 4.69) is 5.32 Å². The van der Waals surface area contributed by atoms with E-state index < -0.39 is 10.8 Å². The first-order valence-electron chi connectivity index (χ1n) is 7.86. The van der Waals surface area contributed by atoms with E-state index in [9.17, 15) is 14.9 Å². The van der Waals surface area contributed by atoms with Crippen LogP contribution in [0.15, 0.2) is 41.0 Å². The summed E-state index contributed by atoms with van der Waals surface area (Å²) < 4.78 is 15.8. The monoisotopic (exact) mass is 354 g/mol. The molecule has 26 heavy (non-hydrogen) atoms. The van der Waals surface area contributed by atoms with Gasteiger partial charge in [0.05, 0.1) is 23.7 Å². The van der Waals surface area contributed by atoms with Crippen molar-refractivity contribution in [2.24, 2.45) is 0 Å². The first kappa shape index (κ1) is 15.9. The van der Waals surface area contributed by atoms with Crippen LogP contribution in [-0.4, -0.2) is 17.6 Å². The lowest BCUT2D eigenvalue weighted by atomic mass is 10.1. The Bertz CT molecular complexity index is 1040. The fourth-order valence-corrected chi connectivity index (χ4v) is 2.88. The average molecular weight is 354 g/mol. The van der Waals surface area contributed by atoms with Gasteiger partial charge in [0.2, 0.25) is 12.7 Å². The van der Waals surface area contributed by atoms with Crippen molar-refractivity contribution in [2.45, 2.75) is 13.3 Å². The molecule has 1 amide bonds. The van der Waals surface area contributed by atoms with Crippen molar-refractivity contribution < 1.29 is 23.6 Å². The molecule has 0 unspecified atom stereocenters. The lowest BCUT2D eigenvalue weighted by Gasteiger charge is -2.07. The number of amides is 1. The number of hydrogen-bond acceptors (Lipinski definition) is 6. The van der Waals surface area contributed by atoms with Crippen LogP contribution in [0.3, 0.4) is 0 Å². The third-order valence-electron chi connectivity index (χ3n) is 4.12. The average Bonchev–Trinajstić information content (AvgIpc) is 3.20. The molecule has 4 rings (SSSR count). The predicted octanol–water partition coefficient (Wildman–Crippen LogP) is 3.56. The second kappa shape index (κ2) is 6.07. The number of nitrogens with one attached hydrogen (secondary N) is 1. The fraction of sp³-hybridized carbons (Fsp3) is 0.167. The number of fused-ring (bicyclic) bond motifs is 2. The van der Waals surface area contributed by atoms with Crippen LogP contribution in [0.5, 0.6) is 11.5 Å². The zero-order valence-electron chi connectivity index (χ0n) is 13.8. The Morgan fingerprint density at radius 1 is 1.23 bits per heavy atom. The number of anilines is 1. The first-order valence-corrected chi connectivity index (χ1v) is 7.86. The molecular formula is C18H14N2O6. The van der Waals surface area contributed by atoms with Crippen molar-refractivity contribution in [1.29, 1.82) is 0 Å². The first-order chi connectivity index (χ1) is 12.5. The molecule has 0 saturated carbocycles. The zero-order valence-corrected chi connectivity index (χ0v) is 13.8. The summed E-state index contributed by atoms with van der Waals surface area (Å²) in [4.78, 5) is 23.1. The van der Waals surface area contributed by atoms with Crippen LogP contribution in [0, 0.1) is 17.0 Å². The van der Waals surface area contributed by atoms with Gasteiger partial charge in [-0.05, 0) is 19.1 Å². The molecule has 0 saturated heterocycles. The Kier molecular flexibility index (Phi) is 3.72. The number of carbonyl (C=O) groups is 1. The topological polar surface area (TPSA) is 104 Å². The number of benzene rings is 2. The summed E-state index contributed by atoms with van der Waals surface area (Å²) >= 11 is 0. The van der Waals surface area contributed by atoms with E-state index >= 15 is 0 Å². The number of rotatable bonds is 4. The van der Waals surface area contributed by atoms with E-state index in [0.29, 0.717) is 16.9 Å². The predicted molar refractivity (Wildman–Crippen MR) is 92.5 cm³/mol. The third kappa shape index (κ3) is 2.81. The fourth-order valence-electron chi connectivity index (χ4n) is 2.88. The smallest absolute Gasteiger partial charge is 0.296 e. The van der Waals surface area contributed by atoms with Crippen molar-refractivity contribution in [3.63, 3.8) is 0 Å². The molecule has 0 atom stereocenters. The van der Waals surface area contributed by atoms with Gasteiger partial charge in [0, 0.05) is 17.0 Å². The van der Waals surface area contributed by atoms with Crippen molar-refractivity contribution in [3.05, 3.63) is 57.8 Å². The van der Waals surface area contributed by atoms with Crippen molar-refractivity contribution in [1.82, 2.24) is 0 Å². The Hall–Kier alpha value is -3.55. The minimum Gasteiger partial charge on any atom is -0.464 e. The van der Waals surface area contributed by atoms with Crippen LogP contribution in [0.4, 0.5) is 11.4 Å². The number of aryl methyl sites for hydroxylation is 1. The zero-order chi connectivity index (χ0) is 18.3. The highest BCUT2D eigenvalue weighted by Crippen LogP contribution is 2.40. The molecule has 8 heteroatoms. The molecular weight excluding hydrogens is 340 g/mol. The molecule has 1 aliphatic rings. The Balaban J connectivity index is 1.60. The summed E-state index contributed by atoms with van der Waals surface area (Å²) in [5, 5.41) is 14.7. The maximum absolute atomic E-state index is 12.4. The maximum Gasteiger partial charge on any atom is 0.296 e. The quantitative estimate of drug-likeness (QED) is 0.567. The highest BCUT2D eigenvalue weighted by atomic mass is 16.7. The van der Waals surface area contributed by atoms with Gasteiger partial charge in [0.1, 0.15) is 11.3 Å². The molecule has 1 N–H and O–H groups in total. The molecule has 1 aliphatic heterocycles. The number of nitro benzene ring substituents is 1. The number of hydrogen-bond donors (Lipinski definition) is 1. The van der Waals surface area contributed by atoms with Crippen molar-refractivity contribution >= 4 is 28.3 Å². The van der Waals surface area contributed by atoms with Crippen LogP contribution < -0.4 is 14.8 Å². The number of furan rings is 1. The summed E-state index contributed by atoms with van der Waals surface area (Å²) in [5.74, 6) is 0.248. The molecule has 0 fully saturated rings. The van der Waals surface area contributed by atoms with Gasteiger partial charge in [-0.15, -0.1) is 0 Å². The van der Waals surface area contributed by atoms with E-state index in [4.69, 9.17) is 13.9 Å². The SMILES string of the molecule is Cc1ccc2occ(CC(=O)Nc3cc4c(cc3[N+](=O)[O-])OCO4)c2c1. The van der Waals surface area contributed by atoms with Gasteiger partial charge in [0.15, 0.2) is 11.5 Å². The molecule has 2 aromatic carbocycles. The molecule has 0 radical (unpaired) electrons. The highest BCUT2D eigenvalue weighted by molar-refractivity contribution is 5.97. The Morgan fingerprint density at radius 2 is 2.00 bits per heavy atom. The van der Waals surface area contributed by atoms with Crippen LogP contribution in [-0.2, 0) is 11.2 Å². The van der Waals surface area contributed by atoms with E-state index in [0.717, 1.165) is 10.9 Å². The van der Waals surface area contributed by atoms with Gasteiger partial charge >= 0.3 is 0 Å². The van der Waals surface area contributed by atoms with Crippen LogP contribution in [0.2, 0.25) is 0 Å². The summed E-state index contributed by atoms with van der Waals surface area (Å²) in [6, 6.07) is 8.34. The normalized spacial score (nSPS) is 12.3. The summed E-state index contributed by atoms with van der Waals surface area (Å²) in [5.41, 5.74) is 2.26. The highest BCUT2D eigenvalue weighted by Gasteiger charge is 2.24. The minimum atomic E-state index is -0.575. The van der Waals surface area contributed by atoms with Crippen LogP contribution >= 0.6 is 0 Å². The van der Waals surface area contributed by atoms with Gasteiger partial charge in [-0.1, -0.05) is 11.6 Å². The van der Waals surface area contributed by atoms with E-state index in [-0.39, 0.29) is 30.3 Å². The van der Waals surface area contributed by atoms with Gasteiger partial charge in [-0.2, -0.15) is 0 Å². The maximum atomic E-state index is 12.4. The number of ether oxygens (including phenoxy) is 2. The molecule has 0 spiro atoms. The molecule has 2 heterocycles. The minimum absolute atomic E-state index is 0.00968. The number of carbonyl (C=O) groups excluding carboxylic acids is 1. The van der Waals surface area contributed by atoms with Gasteiger partial charge in [-0.3, -0.25) is 14.9 Å². The third-order valence-corrected chi connectivity index (χ3v) is 4.12. The van der Waals surface area contributed by atoms with Gasteiger partial charge < -0.3 is 19.2 Å². The van der Waals surface area contributed by atoms with E-state index in [1.807, 2.05) is 25.1 Å². The second-order valence-electron chi connectivity index (χ2n) is 5.97. The summed E-state index contributed by atoms with van der Waals surface area (Å²) in [6.07, 6.45) is 1.56. The summed E-state index contributed by atoms with van der Waals surface area (Å²) in [6.45, 7) is 1.94. The van der Waals surface area contributed by atoms with Crippen molar-refractivity contribution in [3.8, 4) is 11.5 Å². The molecule has 0 bridgehead atoms. The Morgan fingerprint density at radius 3 is 2.77 bits per heavy atom. The van der Waals surface area contributed by atoms with Gasteiger partial charge in [-0.25, -0.2) is 0 Å². The molecule has 1 aromatic heterocycles. The van der Waals surface area contributed by atoms with Gasteiger partial charge in [0.25, 0.3) is 5.69 Å². The lowest BCUT2D eigenvalue weighted by molar-refractivity contribution is -0.384. The number of nitrogens with zero attached hydrogens (tertiary/aromatic N) is 1. The molecule has 0 aliphatic carbocycles. The van der Waals surface area contributed by atoms with E-state index in [1.165, 1.54) is 18.4 Å². The largest absolute Gasteiger partial charge is 0.464 e. The molecule has 8 nitrogen and oxygen atoms in total. The Labute approximate surface area is 147 Å². The van der Waals surface area contributed by atoms with Crippen molar-refractivity contribution in [2.75, 3.05) is 12.1 Å². The molecule has 132 valence electrons. The summed E-state index contributed by atoms with van der Waals surface area (Å²) in [7, 11) is 0. The van der Waals surface area contributed by atoms with Crippen LogP contribution in [0.1, 0.15) is 11.1 Å². The molecule has 3 aromatic rings. The second-order valence-corrected chi connectivity index (χ2v) is 5.97. The van der Waals surface area contributed by atoms with E-state index in [1.54, 1.807) is 0 Å². The lowest BCUT2D eigenvalue weighted by Crippen LogP contribution is -2.15.